The first kappa shape index (κ1) is 17.1. The fourth-order valence-corrected chi connectivity index (χ4v) is 2.40. The van der Waals surface area contributed by atoms with Crippen LogP contribution in [0.4, 0.5) is 0 Å². The minimum absolute atomic E-state index is 0.665. The van der Waals surface area contributed by atoms with Crippen LogP contribution in [0.25, 0.3) is 11.1 Å². The Kier molecular flexibility index (Phi) is 7.16. The Morgan fingerprint density at radius 3 is 2.26 bits per heavy atom. The highest BCUT2D eigenvalue weighted by Gasteiger charge is 2.05. The first-order chi connectivity index (χ1) is 11.3. The van der Waals surface area contributed by atoms with Gasteiger partial charge in [-0.1, -0.05) is 36.8 Å². The zero-order valence-electron chi connectivity index (χ0n) is 13.3. The summed E-state index contributed by atoms with van der Waals surface area (Å²) in [5.41, 5.74) is 2.79. The maximum atomic E-state index is 8.89. The van der Waals surface area contributed by atoms with Gasteiger partial charge >= 0.3 is 0 Å². The van der Waals surface area contributed by atoms with E-state index in [-0.39, 0.29) is 0 Å². The molecule has 0 saturated carbocycles. The second-order valence-corrected chi connectivity index (χ2v) is 5.36. The van der Waals surface area contributed by atoms with Gasteiger partial charge in [-0.05, 0) is 43.0 Å². The van der Waals surface area contributed by atoms with Crippen molar-refractivity contribution in [3.63, 3.8) is 0 Å². The largest absolute Gasteiger partial charge is 0.493 e. The van der Waals surface area contributed by atoms with E-state index in [1.54, 1.807) is 0 Å². The van der Waals surface area contributed by atoms with Crippen LogP contribution in [0.2, 0.25) is 0 Å². The molecule has 119 valence electrons. The maximum Gasteiger partial charge on any atom is 0.127 e. The molecule has 0 atom stereocenters. The van der Waals surface area contributed by atoms with E-state index < -0.39 is 0 Å². The van der Waals surface area contributed by atoms with Crippen LogP contribution >= 0.6 is 0 Å². The van der Waals surface area contributed by atoms with Gasteiger partial charge in [0.05, 0.1) is 25.3 Å². The molecule has 23 heavy (non-hydrogen) atoms. The highest BCUT2D eigenvalue weighted by molar-refractivity contribution is 5.70. The number of nitrogens with zero attached hydrogens (tertiary/aromatic N) is 1. The Bertz CT molecular complexity index is 629. The lowest BCUT2D eigenvalue weighted by Crippen LogP contribution is -1.99. The summed E-state index contributed by atoms with van der Waals surface area (Å²) in [6, 6.07) is 17.7. The fraction of sp³-hybridized carbons (Fsp3) is 0.300. The molecule has 3 nitrogen and oxygen atoms in total. The minimum Gasteiger partial charge on any atom is -0.493 e. The zero-order chi connectivity index (χ0) is 16.3. The number of rotatable bonds is 9. The van der Waals surface area contributed by atoms with Gasteiger partial charge in [0.1, 0.15) is 5.75 Å². The number of para-hydroxylation sites is 1. The molecule has 2 rings (SSSR count). The second-order valence-electron chi connectivity index (χ2n) is 5.36. The minimum atomic E-state index is 0.665. The molecule has 3 heteroatoms. The first-order valence-corrected chi connectivity index (χ1v) is 7.94. The summed E-state index contributed by atoms with van der Waals surface area (Å²) in [5, 5.41) is 8.89. The van der Waals surface area contributed by atoms with Crippen molar-refractivity contribution in [2.24, 2.45) is 0 Å². The molecule has 0 spiro atoms. The summed E-state index contributed by atoms with van der Waals surface area (Å²) >= 11 is 0. The third-order valence-electron chi connectivity index (χ3n) is 3.65. The smallest absolute Gasteiger partial charge is 0.127 e. The first-order valence-electron chi connectivity index (χ1n) is 7.94. The van der Waals surface area contributed by atoms with Crippen molar-refractivity contribution < 1.29 is 9.47 Å². The zero-order valence-corrected chi connectivity index (χ0v) is 13.3. The van der Waals surface area contributed by atoms with Gasteiger partial charge in [0.2, 0.25) is 0 Å². The lowest BCUT2D eigenvalue weighted by molar-refractivity contribution is 0.231. The Morgan fingerprint density at radius 2 is 1.57 bits per heavy atom. The Morgan fingerprint density at radius 1 is 0.870 bits per heavy atom. The molecule has 0 N–H and O–H groups in total. The van der Waals surface area contributed by atoms with Crippen LogP contribution in [-0.2, 0) is 4.74 Å². The van der Waals surface area contributed by atoms with E-state index >= 15 is 0 Å². The third-order valence-corrected chi connectivity index (χ3v) is 3.65. The van der Waals surface area contributed by atoms with Crippen molar-refractivity contribution in [2.75, 3.05) is 13.2 Å². The van der Waals surface area contributed by atoms with Gasteiger partial charge in [-0.2, -0.15) is 5.26 Å². The molecular formula is C20H22NO2. The van der Waals surface area contributed by atoms with E-state index in [2.05, 4.69) is 13.2 Å². The lowest BCUT2D eigenvalue weighted by Gasteiger charge is -2.11. The Hall–Kier alpha value is -2.31. The van der Waals surface area contributed by atoms with Crippen LogP contribution in [0.1, 0.15) is 31.2 Å². The Balaban J connectivity index is 1.91. The number of benzene rings is 2. The van der Waals surface area contributed by atoms with Crippen LogP contribution in [0.5, 0.6) is 5.75 Å². The van der Waals surface area contributed by atoms with Crippen LogP contribution < -0.4 is 4.74 Å². The van der Waals surface area contributed by atoms with Gasteiger partial charge in [0.15, 0.2) is 0 Å². The third kappa shape index (κ3) is 5.43. The summed E-state index contributed by atoms with van der Waals surface area (Å²) in [5.74, 6) is 0.887. The van der Waals surface area contributed by atoms with E-state index in [0.717, 1.165) is 49.2 Å². The number of hydrogen-bond donors (Lipinski definition) is 0. The summed E-state index contributed by atoms with van der Waals surface area (Å²) < 4.78 is 10.7. The normalized spacial score (nSPS) is 10.3. The van der Waals surface area contributed by atoms with E-state index in [4.69, 9.17) is 14.7 Å². The molecule has 1 radical (unpaired) electrons. The average Bonchev–Trinajstić information content (AvgIpc) is 2.61. The number of nitriles is 1. The monoisotopic (exact) mass is 308 g/mol. The van der Waals surface area contributed by atoms with Crippen LogP contribution in [0, 0.1) is 18.4 Å². The number of ether oxygens (including phenoxy) is 2. The van der Waals surface area contributed by atoms with Gasteiger partial charge in [0.25, 0.3) is 0 Å². The number of unbranched alkanes of at least 4 members (excludes halogenated alkanes) is 3. The van der Waals surface area contributed by atoms with Crippen LogP contribution in [0.15, 0.2) is 48.5 Å². The fourth-order valence-electron chi connectivity index (χ4n) is 2.40. The summed E-state index contributed by atoms with van der Waals surface area (Å²) in [6.07, 6.45) is 4.34. The van der Waals surface area contributed by atoms with Gasteiger partial charge < -0.3 is 9.47 Å². The average molecular weight is 308 g/mol. The quantitative estimate of drug-likeness (QED) is 0.614. The summed E-state index contributed by atoms with van der Waals surface area (Å²) in [6.45, 7) is 1.43. The molecule has 0 amide bonds. The summed E-state index contributed by atoms with van der Waals surface area (Å²) in [7, 11) is 3.37. The van der Waals surface area contributed by atoms with Crippen molar-refractivity contribution in [3.05, 3.63) is 61.2 Å². The van der Waals surface area contributed by atoms with Crippen molar-refractivity contribution in [3.8, 4) is 22.9 Å². The van der Waals surface area contributed by atoms with Crippen molar-refractivity contribution in [2.45, 2.75) is 25.7 Å². The molecule has 0 unspecified atom stereocenters. The topological polar surface area (TPSA) is 42.2 Å². The van der Waals surface area contributed by atoms with E-state index in [9.17, 15) is 0 Å². The van der Waals surface area contributed by atoms with Gasteiger partial charge in [0, 0.05) is 12.2 Å². The molecule has 0 aliphatic rings. The summed E-state index contributed by atoms with van der Waals surface area (Å²) in [4.78, 5) is 0. The van der Waals surface area contributed by atoms with Crippen molar-refractivity contribution in [1.82, 2.24) is 0 Å². The standard InChI is InChI=1S/C20H22NO2/c1-22-14-6-2-3-7-15-23-20-9-5-4-8-19(20)18-12-10-17(16-21)11-13-18/h4-5,8-13H,1-3,6-7,14-15H2. The predicted octanol–water partition coefficient (Wildman–Crippen LogP) is 4.97. The Labute approximate surface area is 138 Å². The van der Waals surface area contributed by atoms with E-state index in [1.165, 1.54) is 0 Å². The molecule has 0 aromatic heterocycles. The molecular weight excluding hydrogens is 286 g/mol. The van der Waals surface area contributed by atoms with Gasteiger partial charge in [-0.3, -0.25) is 0 Å². The van der Waals surface area contributed by atoms with Crippen LogP contribution in [0.3, 0.4) is 0 Å². The SMILES string of the molecule is [CH2]OCCCCCCOc1ccccc1-c1ccc(C#N)cc1. The molecule has 0 heterocycles. The molecule has 2 aromatic carbocycles. The molecule has 2 aromatic rings. The second kappa shape index (κ2) is 9.66. The lowest BCUT2D eigenvalue weighted by atomic mass is 10.0. The number of hydrogen-bond acceptors (Lipinski definition) is 3. The van der Waals surface area contributed by atoms with Gasteiger partial charge in [-0.25, -0.2) is 0 Å². The van der Waals surface area contributed by atoms with Crippen molar-refractivity contribution >= 4 is 0 Å². The van der Waals surface area contributed by atoms with Gasteiger partial charge in [-0.15, -0.1) is 0 Å². The van der Waals surface area contributed by atoms with E-state index in [1.807, 2.05) is 48.5 Å². The van der Waals surface area contributed by atoms with E-state index in [0.29, 0.717) is 12.2 Å². The highest BCUT2D eigenvalue weighted by Crippen LogP contribution is 2.30. The maximum absolute atomic E-state index is 8.89. The van der Waals surface area contributed by atoms with Crippen LogP contribution in [-0.4, -0.2) is 13.2 Å². The molecule has 0 bridgehead atoms. The molecule has 0 aliphatic heterocycles. The van der Waals surface area contributed by atoms with Crippen molar-refractivity contribution in [1.29, 1.82) is 5.26 Å². The molecule has 0 saturated heterocycles. The highest BCUT2D eigenvalue weighted by atomic mass is 16.5. The molecule has 0 aliphatic carbocycles. The molecule has 0 fully saturated rings. The predicted molar refractivity (Wildman–Crippen MR) is 91.9 cm³/mol.